The highest BCUT2D eigenvalue weighted by Gasteiger charge is 2.32. The SMILES string of the molecule is O=C(NC(c1ccccc1)c1ccc(-c2ccccc2)cc1)c1ccc(C(F)(F)F)[nH]c1=O. The first-order chi connectivity index (χ1) is 15.8. The molecule has 3 aromatic carbocycles. The standard InChI is InChI=1S/C26H19F3N2O2/c27-26(28,29)22-16-15-21(24(32)30-22)25(33)31-23(19-9-5-2-6-10-19)20-13-11-18(12-14-20)17-7-3-1-4-8-17/h1-16,23H,(H,30,32)(H,31,33). The van der Waals surface area contributed by atoms with Crippen molar-refractivity contribution in [1.82, 2.24) is 10.3 Å². The van der Waals surface area contributed by atoms with E-state index < -0.39 is 34.9 Å². The minimum absolute atomic E-state index is 0.398. The number of rotatable bonds is 5. The van der Waals surface area contributed by atoms with Crippen molar-refractivity contribution in [3.8, 4) is 11.1 Å². The fourth-order valence-electron chi connectivity index (χ4n) is 3.53. The average Bonchev–Trinajstić information content (AvgIpc) is 2.83. The Morgan fingerprint density at radius 2 is 1.27 bits per heavy atom. The van der Waals surface area contributed by atoms with Crippen molar-refractivity contribution in [3.63, 3.8) is 0 Å². The van der Waals surface area contributed by atoms with E-state index in [2.05, 4.69) is 5.32 Å². The Kier molecular flexibility index (Phi) is 6.13. The van der Waals surface area contributed by atoms with Gasteiger partial charge in [0, 0.05) is 0 Å². The maximum atomic E-state index is 12.9. The van der Waals surface area contributed by atoms with Gasteiger partial charge in [-0.1, -0.05) is 84.9 Å². The lowest BCUT2D eigenvalue weighted by Crippen LogP contribution is -2.34. The van der Waals surface area contributed by atoms with Gasteiger partial charge in [-0.05, 0) is 34.4 Å². The van der Waals surface area contributed by atoms with Crippen LogP contribution in [0, 0.1) is 0 Å². The molecule has 0 aliphatic rings. The van der Waals surface area contributed by atoms with Gasteiger partial charge in [-0.25, -0.2) is 0 Å². The molecule has 1 amide bonds. The summed E-state index contributed by atoms with van der Waals surface area (Å²) in [6.45, 7) is 0. The van der Waals surface area contributed by atoms with Gasteiger partial charge in [0.1, 0.15) is 11.3 Å². The molecule has 0 bridgehead atoms. The van der Waals surface area contributed by atoms with E-state index in [0.29, 0.717) is 6.07 Å². The van der Waals surface area contributed by atoms with Crippen molar-refractivity contribution in [2.75, 3.05) is 0 Å². The van der Waals surface area contributed by atoms with E-state index in [1.54, 1.807) is 4.98 Å². The maximum Gasteiger partial charge on any atom is 0.431 e. The van der Waals surface area contributed by atoms with Crippen molar-refractivity contribution in [3.05, 3.63) is 130 Å². The molecule has 2 N–H and O–H groups in total. The fraction of sp³-hybridized carbons (Fsp3) is 0.0769. The minimum Gasteiger partial charge on any atom is -0.341 e. The number of hydrogen-bond acceptors (Lipinski definition) is 2. The third-order valence-electron chi connectivity index (χ3n) is 5.22. The average molecular weight is 448 g/mol. The predicted molar refractivity (Wildman–Crippen MR) is 120 cm³/mol. The third kappa shape index (κ3) is 5.03. The van der Waals surface area contributed by atoms with E-state index in [1.165, 1.54) is 0 Å². The van der Waals surface area contributed by atoms with Gasteiger partial charge in [0.15, 0.2) is 0 Å². The molecule has 0 spiro atoms. The highest BCUT2D eigenvalue weighted by Crippen LogP contribution is 2.28. The molecule has 1 atom stereocenters. The molecule has 166 valence electrons. The molecule has 7 heteroatoms. The first-order valence-corrected chi connectivity index (χ1v) is 10.1. The number of hydrogen-bond donors (Lipinski definition) is 2. The molecule has 0 radical (unpaired) electrons. The normalized spacial score (nSPS) is 12.2. The van der Waals surface area contributed by atoms with Crippen LogP contribution in [0.4, 0.5) is 13.2 Å². The number of carbonyl (C=O) groups is 1. The van der Waals surface area contributed by atoms with Gasteiger partial charge in [-0.3, -0.25) is 9.59 Å². The summed E-state index contributed by atoms with van der Waals surface area (Å²) in [4.78, 5) is 26.8. The molecular formula is C26H19F3N2O2. The molecule has 0 aliphatic carbocycles. The summed E-state index contributed by atoms with van der Waals surface area (Å²) in [6.07, 6.45) is -4.71. The summed E-state index contributed by atoms with van der Waals surface area (Å²) >= 11 is 0. The molecule has 4 nitrogen and oxygen atoms in total. The van der Waals surface area contributed by atoms with E-state index >= 15 is 0 Å². The summed E-state index contributed by atoms with van der Waals surface area (Å²) in [6, 6.07) is 27.5. The Hall–Kier alpha value is -4.13. The summed E-state index contributed by atoms with van der Waals surface area (Å²) < 4.78 is 38.5. The van der Waals surface area contributed by atoms with Gasteiger partial charge in [0.05, 0.1) is 6.04 Å². The highest BCUT2D eigenvalue weighted by atomic mass is 19.4. The van der Waals surface area contributed by atoms with Crippen LogP contribution in [0.15, 0.2) is 102 Å². The topological polar surface area (TPSA) is 62.0 Å². The van der Waals surface area contributed by atoms with Crippen LogP contribution in [-0.2, 0) is 6.18 Å². The van der Waals surface area contributed by atoms with E-state index in [0.717, 1.165) is 28.3 Å². The summed E-state index contributed by atoms with van der Waals surface area (Å²) in [5.74, 6) is -0.772. The lowest BCUT2D eigenvalue weighted by atomic mass is 9.96. The minimum atomic E-state index is -4.71. The number of carbonyl (C=O) groups excluding carboxylic acids is 1. The van der Waals surface area contributed by atoms with Crippen molar-refractivity contribution in [2.24, 2.45) is 0 Å². The van der Waals surface area contributed by atoms with Crippen molar-refractivity contribution in [2.45, 2.75) is 12.2 Å². The zero-order valence-corrected chi connectivity index (χ0v) is 17.3. The van der Waals surface area contributed by atoms with Crippen LogP contribution in [0.5, 0.6) is 0 Å². The van der Waals surface area contributed by atoms with Crippen LogP contribution in [-0.4, -0.2) is 10.9 Å². The van der Waals surface area contributed by atoms with E-state index in [4.69, 9.17) is 0 Å². The molecule has 0 aliphatic heterocycles. The molecule has 33 heavy (non-hydrogen) atoms. The van der Waals surface area contributed by atoms with Gasteiger partial charge in [-0.2, -0.15) is 13.2 Å². The number of pyridine rings is 1. The van der Waals surface area contributed by atoms with Crippen LogP contribution >= 0.6 is 0 Å². The lowest BCUT2D eigenvalue weighted by molar-refractivity contribution is -0.141. The second-order valence-corrected chi connectivity index (χ2v) is 7.42. The van der Waals surface area contributed by atoms with Crippen molar-refractivity contribution in [1.29, 1.82) is 0 Å². The van der Waals surface area contributed by atoms with Gasteiger partial charge in [0.2, 0.25) is 0 Å². The summed E-state index contributed by atoms with van der Waals surface area (Å²) in [7, 11) is 0. The molecule has 1 unspecified atom stereocenters. The first-order valence-electron chi connectivity index (χ1n) is 10.1. The van der Waals surface area contributed by atoms with Gasteiger partial charge in [-0.15, -0.1) is 0 Å². The van der Waals surface area contributed by atoms with Gasteiger partial charge >= 0.3 is 6.18 Å². The largest absolute Gasteiger partial charge is 0.431 e. The molecule has 0 saturated carbocycles. The molecule has 0 fully saturated rings. The number of alkyl halides is 3. The van der Waals surface area contributed by atoms with Crippen LogP contribution in [0.1, 0.15) is 33.2 Å². The fourth-order valence-corrected chi connectivity index (χ4v) is 3.53. The van der Waals surface area contributed by atoms with Crippen LogP contribution in [0.25, 0.3) is 11.1 Å². The van der Waals surface area contributed by atoms with E-state index in [1.807, 2.05) is 84.9 Å². The number of nitrogens with one attached hydrogen (secondary N) is 2. The number of H-pyrrole nitrogens is 1. The predicted octanol–water partition coefficient (Wildman–Crippen LogP) is 5.58. The smallest absolute Gasteiger partial charge is 0.341 e. The number of halogens is 3. The number of aromatic amines is 1. The zero-order valence-electron chi connectivity index (χ0n) is 17.3. The first kappa shape index (κ1) is 22.1. The Labute approximate surface area is 187 Å². The number of aromatic nitrogens is 1. The molecule has 1 heterocycles. The summed E-state index contributed by atoms with van der Waals surface area (Å²) in [5, 5.41) is 2.78. The number of benzene rings is 3. The lowest BCUT2D eigenvalue weighted by Gasteiger charge is -2.20. The van der Waals surface area contributed by atoms with Crippen LogP contribution in [0.2, 0.25) is 0 Å². The quantitative estimate of drug-likeness (QED) is 0.419. The van der Waals surface area contributed by atoms with Crippen molar-refractivity contribution < 1.29 is 18.0 Å². The summed E-state index contributed by atoms with van der Waals surface area (Å²) in [5.41, 5.74) is 0.857. The van der Waals surface area contributed by atoms with E-state index in [9.17, 15) is 22.8 Å². The van der Waals surface area contributed by atoms with Crippen molar-refractivity contribution >= 4 is 5.91 Å². The maximum absolute atomic E-state index is 12.9. The Morgan fingerprint density at radius 1 is 0.727 bits per heavy atom. The Balaban J connectivity index is 1.65. The van der Waals surface area contributed by atoms with Crippen LogP contribution in [0.3, 0.4) is 0 Å². The molecular weight excluding hydrogens is 429 g/mol. The molecule has 4 aromatic rings. The second kappa shape index (κ2) is 9.16. The van der Waals surface area contributed by atoms with Gasteiger partial charge < -0.3 is 10.3 Å². The number of amides is 1. The zero-order chi connectivity index (χ0) is 23.4. The van der Waals surface area contributed by atoms with E-state index in [-0.39, 0.29) is 0 Å². The van der Waals surface area contributed by atoms with Gasteiger partial charge in [0.25, 0.3) is 11.5 Å². The monoisotopic (exact) mass is 448 g/mol. The molecule has 0 saturated heterocycles. The van der Waals surface area contributed by atoms with Crippen LogP contribution < -0.4 is 10.9 Å². The Morgan fingerprint density at radius 3 is 1.85 bits per heavy atom. The molecule has 4 rings (SSSR count). The third-order valence-corrected chi connectivity index (χ3v) is 5.22. The highest BCUT2D eigenvalue weighted by molar-refractivity contribution is 5.94. The Bertz CT molecular complexity index is 1300. The second-order valence-electron chi connectivity index (χ2n) is 7.42. The molecule has 1 aromatic heterocycles.